The summed E-state index contributed by atoms with van der Waals surface area (Å²) in [5.74, 6) is 0. The summed E-state index contributed by atoms with van der Waals surface area (Å²) >= 11 is -3.06. The molecule has 0 heterocycles. The number of unbranched alkanes of at least 4 members (excludes halogenated alkanes) is 3. The van der Waals surface area contributed by atoms with Crippen LogP contribution in [0.25, 0.3) is 0 Å². The Hall–Kier alpha value is 0.554. The summed E-state index contributed by atoms with van der Waals surface area (Å²) in [5.41, 5.74) is 0. The quantitative estimate of drug-likeness (QED) is 0.142. The monoisotopic (exact) mass is 449 g/mol. The first-order valence-electron chi connectivity index (χ1n) is 13.0. The van der Waals surface area contributed by atoms with Gasteiger partial charge in [-0.3, -0.25) is 0 Å². The van der Waals surface area contributed by atoms with Crippen molar-refractivity contribution in [2.75, 3.05) is 45.9 Å². The van der Waals surface area contributed by atoms with Gasteiger partial charge in [0.1, 0.15) is 0 Å². The van der Waals surface area contributed by atoms with Crippen molar-refractivity contribution in [3.8, 4) is 0 Å². The Morgan fingerprint density at radius 2 is 0.793 bits per heavy atom. The SMILES string of the molecule is CCCCCC[O][Ti]([N](CCC)CCC)([N](CCC)CCC)[N](CCC)CCC. The fourth-order valence-corrected chi connectivity index (χ4v) is 12.6. The van der Waals surface area contributed by atoms with Crippen LogP contribution < -0.4 is 0 Å². The molecule has 0 saturated carbocycles. The van der Waals surface area contributed by atoms with Gasteiger partial charge in [0.25, 0.3) is 0 Å². The van der Waals surface area contributed by atoms with Crippen molar-refractivity contribution in [1.82, 2.24) is 10.1 Å². The second-order valence-corrected chi connectivity index (χ2v) is 13.6. The molecule has 0 aliphatic rings. The molecule has 0 radical (unpaired) electrons. The van der Waals surface area contributed by atoms with E-state index in [1.165, 1.54) is 103 Å². The average molecular weight is 450 g/mol. The van der Waals surface area contributed by atoms with E-state index < -0.39 is 17.7 Å². The van der Waals surface area contributed by atoms with Crippen molar-refractivity contribution in [2.45, 2.75) is 113 Å². The maximum absolute atomic E-state index is 7.24. The summed E-state index contributed by atoms with van der Waals surface area (Å²) < 4.78 is 15.8. The molecule has 0 amide bonds. The van der Waals surface area contributed by atoms with Crippen molar-refractivity contribution < 1.29 is 21.1 Å². The summed E-state index contributed by atoms with van der Waals surface area (Å²) in [5, 5.41) is 0. The zero-order chi connectivity index (χ0) is 22.0. The Morgan fingerprint density at radius 3 is 1.07 bits per heavy atom. The molecule has 29 heavy (non-hydrogen) atoms. The van der Waals surface area contributed by atoms with Crippen LogP contribution in [0.5, 0.6) is 0 Å². The zero-order valence-electron chi connectivity index (χ0n) is 21.3. The first-order chi connectivity index (χ1) is 14.1. The number of nitrogens with zero attached hydrogens (tertiary/aromatic N) is 3. The van der Waals surface area contributed by atoms with Crippen molar-refractivity contribution in [1.29, 1.82) is 0 Å². The molecule has 0 aromatic heterocycles. The molecule has 0 aliphatic heterocycles. The molecule has 0 bridgehead atoms. The molecule has 0 aromatic rings. The first kappa shape index (κ1) is 29.6. The first-order valence-corrected chi connectivity index (χ1v) is 15.7. The predicted molar refractivity (Wildman–Crippen MR) is 127 cm³/mol. The zero-order valence-corrected chi connectivity index (χ0v) is 22.8. The van der Waals surface area contributed by atoms with E-state index >= 15 is 0 Å². The van der Waals surface area contributed by atoms with Crippen LogP contribution in [0.15, 0.2) is 0 Å². The van der Waals surface area contributed by atoms with Crippen LogP contribution in [-0.2, 0) is 21.1 Å². The van der Waals surface area contributed by atoms with E-state index in [9.17, 15) is 0 Å². The fourth-order valence-electron chi connectivity index (χ4n) is 4.44. The molecular formula is C24H55N3OTi. The van der Waals surface area contributed by atoms with Crippen LogP contribution in [-0.4, -0.2) is 56.0 Å². The van der Waals surface area contributed by atoms with E-state index in [4.69, 9.17) is 3.32 Å². The molecule has 176 valence electrons. The standard InChI is InChI=1S/3C6H14N.C6H13O.Ti/c3*1-3-5-7-6-4-2;1-2-3-4-5-6-7;/h3*3-6H2,1-2H3;2-6H2,1H3;/q4*-1;+4. The summed E-state index contributed by atoms with van der Waals surface area (Å²) in [6.07, 6.45) is 12.4. The van der Waals surface area contributed by atoms with Gasteiger partial charge in [-0.25, -0.2) is 0 Å². The van der Waals surface area contributed by atoms with Crippen LogP contribution in [0.1, 0.15) is 113 Å². The summed E-state index contributed by atoms with van der Waals surface area (Å²) in [6, 6.07) is 0. The summed E-state index contributed by atoms with van der Waals surface area (Å²) in [7, 11) is 0. The van der Waals surface area contributed by atoms with Crippen molar-refractivity contribution in [3.63, 3.8) is 0 Å². The number of hydrogen-bond acceptors (Lipinski definition) is 4. The van der Waals surface area contributed by atoms with Gasteiger partial charge in [0.15, 0.2) is 0 Å². The molecule has 0 aliphatic carbocycles. The molecule has 0 saturated heterocycles. The van der Waals surface area contributed by atoms with Gasteiger partial charge in [0.2, 0.25) is 0 Å². The molecule has 0 N–H and O–H groups in total. The minimum atomic E-state index is -3.06. The molecule has 4 nitrogen and oxygen atoms in total. The van der Waals surface area contributed by atoms with E-state index in [0.29, 0.717) is 0 Å². The van der Waals surface area contributed by atoms with Crippen LogP contribution in [0.2, 0.25) is 0 Å². The van der Waals surface area contributed by atoms with E-state index in [0.717, 1.165) is 6.61 Å². The predicted octanol–water partition coefficient (Wildman–Crippen LogP) is 6.76. The summed E-state index contributed by atoms with van der Waals surface area (Å²) in [6.45, 7) is 24.3. The molecule has 0 unspecified atom stereocenters. The van der Waals surface area contributed by atoms with Gasteiger partial charge in [-0.1, -0.05) is 0 Å². The van der Waals surface area contributed by atoms with Crippen LogP contribution >= 0.6 is 0 Å². The van der Waals surface area contributed by atoms with Gasteiger partial charge in [-0.05, 0) is 0 Å². The Labute approximate surface area is 189 Å². The fraction of sp³-hybridized carbons (Fsp3) is 1.00. The molecule has 0 spiro atoms. The Balaban J connectivity index is 6.13. The van der Waals surface area contributed by atoms with E-state index in [1.54, 1.807) is 0 Å². The third kappa shape index (κ3) is 10.1. The topological polar surface area (TPSA) is 19.0 Å². The van der Waals surface area contributed by atoms with Gasteiger partial charge < -0.3 is 0 Å². The van der Waals surface area contributed by atoms with E-state index in [1.807, 2.05) is 0 Å². The molecule has 0 fully saturated rings. The number of hydrogen-bond donors (Lipinski definition) is 0. The van der Waals surface area contributed by atoms with Crippen molar-refractivity contribution >= 4 is 0 Å². The Kier molecular flexibility index (Phi) is 19.6. The molecule has 0 atom stereocenters. The van der Waals surface area contributed by atoms with Crippen LogP contribution in [0, 0.1) is 0 Å². The van der Waals surface area contributed by atoms with Crippen molar-refractivity contribution in [3.05, 3.63) is 0 Å². The van der Waals surface area contributed by atoms with Crippen LogP contribution in [0.3, 0.4) is 0 Å². The molecular weight excluding hydrogens is 394 g/mol. The van der Waals surface area contributed by atoms with Gasteiger partial charge in [0, 0.05) is 0 Å². The minimum absolute atomic E-state index is 0.942. The maximum atomic E-state index is 7.24. The van der Waals surface area contributed by atoms with E-state index in [2.05, 4.69) is 58.6 Å². The number of rotatable bonds is 21. The third-order valence-electron chi connectivity index (χ3n) is 5.49. The molecule has 5 heteroatoms. The van der Waals surface area contributed by atoms with Crippen LogP contribution in [0.4, 0.5) is 0 Å². The normalized spacial score (nSPS) is 12.6. The Bertz CT molecular complexity index is 298. The van der Waals surface area contributed by atoms with Gasteiger partial charge in [-0.2, -0.15) is 0 Å². The molecule has 0 rings (SSSR count). The Morgan fingerprint density at radius 1 is 0.448 bits per heavy atom. The van der Waals surface area contributed by atoms with E-state index in [-0.39, 0.29) is 0 Å². The van der Waals surface area contributed by atoms with Crippen molar-refractivity contribution in [2.24, 2.45) is 0 Å². The van der Waals surface area contributed by atoms with Gasteiger partial charge in [-0.15, -0.1) is 0 Å². The summed E-state index contributed by atoms with van der Waals surface area (Å²) in [4.78, 5) is 0. The second-order valence-electron chi connectivity index (χ2n) is 8.44. The second kappa shape index (κ2) is 19.3. The van der Waals surface area contributed by atoms with Gasteiger partial charge in [0.05, 0.1) is 0 Å². The van der Waals surface area contributed by atoms with Gasteiger partial charge >= 0.3 is 190 Å². The average Bonchev–Trinajstić information content (AvgIpc) is 2.71. The molecule has 0 aromatic carbocycles. The third-order valence-corrected chi connectivity index (χ3v) is 12.4.